The van der Waals surface area contributed by atoms with Gasteiger partial charge >= 0.3 is 0 Å². The zero-order valence-electron chi connectivity index (χ0n) is 12.3. The van der Waals surface area contributed by atoms with Crippen LogP contribution < -0.4 is 10.5 Å². The number of hydrogen-bond acceptors (Lipinski definition) is 2. The predicted molar refractivity (Wildman–Crippen MR) is 85.5 cm³/mol. The zero-order valence-corrected chi connectivity index (χ0v) is 13.9. The number of nitrogens with two attached hydrogens (primary N) is 1. The predicted octanol–water partition coefficient (Wildman–Crippen LogP) is 5.06. The molecule has 0 aliphatic heterocycles. The first-order valence-corrected chi connectivity index (χ1v) is 8.05. The Morgan fingerprint density at radius 3 is 2.58 bits per heavy atom. The van der Waals surface area contributed by atoms with Gasteiger partial charge in [-0.25, -0.2) is 0 Å². The average Bonchev–Trinajstić information content (AvgIpc) is 2.38. The second-order valence-corrected chi connectivity index (χ2v) is 6.05. The van der Waals surface area contributed by atoms with Crippen LogP contribution >= 0.6 is 15.9 Å². The minimum absolute atomic E-state index is 0.0383. The molecule has 0 saturated carbocycles. The van der Waals surface area contributed by atoms with E-state index >= 15 is 0 Å². The van der Waals surface area contributed by atoms with Crippen LogP contribution in [0.2, 0.25) is 0 Å². The van der Waals surface area contributed by atoms with Crippen molar-refractivity contribution in [3.63, 3.8) is 0 Å². The lowest BCUT2D eigenvalue weighted by atomic mass is 10.0. The fourth-order valence-corrected chi connectivity index (χ4v) is 2.80. The summed E-state index contributed by atoms with van der Waals surface area (Å²) < 4.78 is 6.93. The highest BCUT2D eigenvalue weighted by molar-refractivity contribution is 9.10. The maximum absolute atomic E-state index is 5.90. The van der Waals surface area contributed by atoms with Gasteiger partial charge in [-0.15, -0.1) is 0 Å². The molecule has 0 aliphatic carbocycles. The summed E-state index contributed by atoms with van der Waals surface area (Å²) in [4.78, 5) is 0. The first kappa shape index (κ1) is 16.5. The summed E-state index contributed by atoms with van der Waals surface area (Å²) in [7, 11) is 0. The van der Waals surface area contributed by atoms with Gasteiger partial charge < -0.3 is 10.5 Å². The van der Waals surface area contributed by atoms with Crippen molar-refractivity contribution in [2.24, 2.45) is 11.7 Å². The van der Waals surface area contributed by atoms with Crippen LogP contribution in [-0.4, -0.2) is 6.61 Å². The fourth-order valence-electron chi connectivity index (χ4n) is 2.08. The van der Waals surface area contributed by atoms with E-state index in [-0.39, 0.29) is 6.04 Å². The third kappa shape index (κ3) is 5.53. The molecule has 0 amide bonds. The summed E-state index contributed by atoms with van der Waals surface area (Å²) >= 11 is 3.55. The monoisotopic (exact) mass is 327 g/mol. The maximum atomic E-state index is 5.90. The van der Waals surface area contributed by atoms with E-state index in [0.717, 1.165) is 22.4 Å². The first-order chi connectivity index (χ1) is 9.08. The molecular weight excluding hydrogens is 302 g/mol. The van der Waals surface area contributed by atoms with Gasteiger partial charge in [-0.2, -0.15) is 0 Å². The summed E-state index contributed by atoms with van der Waals surface area (Å²) in [5.74, 6) is 1.58. The van der Waals surface area contributed by atoms with E-state index in [1.807, 2.05) is 25.1 Å². The Morgan fingerprint density at radius 2 is 2.05 bits per heavy atom. The van der Waals surface area contributed by atoms with Crippen LogP contribution in [0.3, 0.4) is 0 Å². The zero-order chi connectivity index (χ0) is 14.3. The molecule has 0 heterocycles. The van der Waals surface area contributed by atoms with E-state index in [1.54, 1.807) is 0 Å². The lowest BCUT2D eigenvalue weighted by Crippen LogP contribution is -2.11. The summed E-state index contributed by atoms with van der Waals surface area (Å²) in [5.41, 5.74) is 7.01. The lowest BCUT2D eigenvalue weighted by Gasteiger charge is -2.16. The second-order valence-electron chi connectivity index (χ2n) is 5.20. The topological polar surface area (TPSA) is 35.2 Å². The Hall–Kier alpha value is -0.540. The van der Waals surface area contributed by atoms with Gasteiger partial charge in [-0.3, -0.25) is 0 Å². The second kappa shape index (κ2) is 8.60. The Kier molecular flexibility index (Phi) is 7.47. The molecule has 2 N–H and O–H groups in total. The third-order valence-corrected chi connectivity index (χ3v) is 4.18. The van der Waals surface area contributed by atoms with Crippen molar-refractivity contribution in [2.75, 3.05) is 6.61 Å². The number of rotatable bonds is 8. The smallest absolute Gasteiger partial charge is 0.120 e. The normalized spacial score (nSPS) is 14.2. The number of benzene rings is 1. The van der Waals surface area contributed by atoms with Gasteiger partial charge in [0, 0.05) is 10.5 Å². The van der Waals surface area contributed by atoms with E-state index < -0.39 is 0 Å². The molecule has 1 aromatic rings. The third-order valence-electron chi connectivity index (χ3n) is 3.49. The largest absolute Gasteiger partial charge is 0.493 e. The van der Waals surface area contributed by atoms with Crippen LogP contribution in [0.5, 0.6) is 5.75 Å². The van der Waals surface area contributed by atoms with E-state index in [1.165, 1.54) is 25.7 Å². The molecule has 0 fully saturated rings. The lowest BCUT2D eigenvalue weighted by molar-refractivity contribution is 0.233. The average molecular weight is 328 g/mol. The molecule has 0 saturated heterocycles. The highest BCUT2D eigenvalue weighted by Gasteiger charge is 2.09. The highest BCUT2D eigenvalue weighted by atomic mass is 79.9. The molecule has 0 aliphatic rings. The molecule has 1 aromatic carbocycles. The van der Waals surface area contributed by atoms with E-state index in [2.05, 4.69) is 29.8 Å². The standard InChI is InChI=1S/C16H26BrNO/c1-4-6-7-13(5-2)11-19-14-8-9-15(12(3)18)16(17)10-14/h8-10,12-13H,4-7,11,18H2,1-3H3/t12-,13?/m1/s1. The molecule has 19 heavy (non-hydrogen) atoms. The van der Waals surface area contributed by atoms with Crippen LogP contribution in [0.1, 0.15) is 58.1 Å². The van der Waals surface area contributed by atoms with Gasteiger partial charge in [-0.1, -0.05) is 55.1 Å². The summed E-state index contributed by atoms with van der Waals surface area (Å²) in [6, 6.07) is 6.11. The summed E-state index contributed by atoms with van der Waals surface area (Å²) in [6.45, 7) is 7.26. The minimum Gasteiger partial charge on any atom is -0.493 e. The molecule has 1 rings (SSSR count). The van der Waals surface area contributed by atoms with Crippen LogP contribution in [0.15, 0.2) is 22.7 Å². The molecule has 1 unspecified atom stereocenters. The van der Waals surface area contributed by atoms with Gasteiger partial charge in [0.05, 0.1) is 6.61 Å². The maximum Gasteiger partial charge on any atom is 0.120 e. The molecule has 0 aromatic heterocycles. The Labute approximate surface area is 125 Å². The molecule has 108 valence electrons. The minimum atomic E-state index is 0.0383. The van der Waals surface area contributed by atoms with Gasteiger partial charge in [0.25, 0.3) is 0 Å². The van der Waals surface area contributed by atoms with Crippen molar-refractivity contribution in [2.45, 2.75) is 52.5 Å². The van der Waals surface area contributed by atoms with Crippen molar-refractivity contribution in [1.29, 1.82) is 0 Å². The van der Waals surface area contributed by atoms with E-state index in [0.29, 0.717) is 5.92 Å². The van der Waals surface area contributed by atoms with Crippen LogP contribution in [0.4, 0.5) is 0 Å². The molecule has 0 bridgehead atoms. The quantitative estimate of drug-likeness (QED) is 0.723. The van der Waals surface area contributed by atoms with Crippen molar-refractivity contribution in [3.8, 4) is 5.75 Å². The molecule has 3 heteroatoms. The molecule has 0 spiro atoms. The Balaban J connectivity index is 2.55. The van der Waals surface area contributed by atoms with Crippen molar-refractivity contribution in [3.05, 3.63) is 28.2 Å². The van der Waals surface area contributed by atoms with Gasteiger partial charge in [0.2, 0.25) is 0 Å². The van der Waals surface area contributed by atoms with Crippen LogP contribution in [-0.2, 0) is 0 Å². The van der Waals surface area contributed by atoms with E-state index in [9.17, 15) is 0 Å². The molecule has 2 atom stereocenters. The number of unbranched alkanes of at least 4 members (excludes halogenated alkanes) is 1. The number of hydrogen-bond donors (Lipinski definition) is 1. The Bertz CT molecular complexity index is 379. The van der Waals surface area contributed by atoms with Gasteiger partial charge in [0.15, 0.2) is 0 Å². The molecule has 2 nitrogen and oxygen atoms in total. The first-order valence-electron chi connectivity index (χ1n) is 7.26. The van der Waals surface area contributed by atoms with Crippen molar-refractivity contribution < 1.29 is 4.74 Å². The number of ether oxygens (including phenoxy) is 1. The van der Waals surface area contributed by atoms with Crippen molar-refractivity contribution >= 4 is 15.9 Å². The summed E-state index contributed by atoms with van der Waals surface area (Å²) in [6.07, 6.45) is 4.98. The van der Waals surface area contributed by atoms with E-state index in [4.69, 9.17) is 10.5 Å². The Morgan fingerprint density at radius 1 is 1.32 bits per heavy atom. The van der Waals surface area contributed by atoms with Gasteiger partial charge in [-0.05, 0) is 37.0 Å². The summed E-state index contributed by atoms with van der Waals surface area (Å²) in [5, 5.41) is 0. The van der Waals surface area contributed by atoms with Crippen LogP contribution in [0.25, 0.3) is 0 Å². The fraction of sp³-hybridized carbons (Fsp3) is 0.625. The highest BCUT2D eigenvalue weighted by Crippen LogP contribution is 2.27. The SMILES string of the molecule is CCCCC(CC)COc1ccc([C@@H](C)N)c(Br)c1. The molecular formula is C16H26BrNO. The van der Waals surface area contributed by atoms with Gasteiger partial charge in [0.1, 0.15) is 5.75 Å². The van der Waals surface area contributed by atoms with Crippen molar-refractivity contribution in [1.82, 2.24) is 0 Å². The van der Waals surface area contributed by atoms with Crippen LogP contribution in [0, 0.1) is 5.92 Å². The number of halogens is 1. The molecule has 0 radical (unpaired) electrons.